The summed E-state index contributed by atoms with van der Waals surface area (Å²) in [5, 5.41) is 14.0. The van der Waals surface area contributed by atoms with Crippen molar-refractivity contribution in [3.05, 3.63) is 55.5 Å². The minimum atomic E-state index is -0.671. The molecule has 0 aliphatic rings. The number of thiazole rings is 1. The second-order valence-electron chi connectivity index (χ2n) is 4.32. The number of benzene rings is 1. The molecule has 21 heavy (non-hydrogen) atoms. The molecule has 1 aromatic heterocycles. The maximum absolute atomic E-state index is 11.1. The summed E-state index contributed by atoms with van der Waals surface area (Å²) in [6.45, 7) is 1.94. The molecule has 0 atom stereocenters. The zero-order chi connectivity index (χ0) is 15.4. The van der Waals surface area contributed by atoms with Crippen molar-refractivity contribution in [2.45, 2.75) is 18.4 Å². The van der Waals surface area contributed by atoms with Crippen molar-refractivity contribution < 1.29 is 9.72 Å². The smallest absolute Gasteiger partial charge is 0.274 e. The van der Waals surface area contributed by atoms with Crippen LogP contribution in [0.2, 0.25) is 0 Å². The Morgan fingerprint density at radius 2 is 2.24 bits per heavy atom. The van der Waals surface area contributed by atoms with Gasteiger partial charge in [-0.2, -0.15) is 11.8 Å². The Hall–Kier alpha value is -1.93. The highest BCUT2D eigenvalue weighted by atomic mass is 32.2. The predicted octanol–water partition coefficient (Wildman–Crippen LogP) is 2.89. The first kappa shape index (κ1) is 15.5. The second-order valence-corrected chi connectivity index (χ2v) is 6.36. The Kier molecular flexibility index (Phi) is 4.92. The van der Waals surface area contributed by atoms with Crippen LogP contribution in [0.5, 0.6) is 0 Å². The molecule has 0 saturated carbocycles. The van der Waals surface area contributed by atoms with E-state index in [1.54, 1.807) is 29.2 Å². The van der Waals surface area contributed by atoms with Crippen LogP contribution in [0.3, 0.4) is 0 Å². The lowest BCUT2D eigenvalue weighted by Crippen LogP contribution is -2.11. The van der Waals surface area contributed by atoms with E-state index in [0.29, 0.717) is 17.1 Å². The molecule has 0 aliphatic carbocycles. The highest BCUT2D eigenvalue weighted by molar-refractivity contribution is 7.97. The van der Waals surface area contributed by atoms with Crippen LogP contribution in [-0.2, 0) is 11.5 Å². The predicted molar refractivity (Wildman–Crippen MR) is 83.5 cm³/mol. The molecule has 0 unspecified atom stereocenters. The molecule has 6 nitrogen and oxygen atoms in total. The number of hydrogen-bond acceptors (Lipinski definition) is 6. The number of nitrogens with two attached hydrogens (primary N) is 1. The molecular weight excluding hydrogens is 310 g/mol. The molecule has 0 saturated heterocycles. The number of nitro groups is 1. The van der Waals surface area contributed by atoms with Gasteiger partial charge in [-0.15, -0.1) is 11.3 Å². The van der Waals surface area contributed by atoms with Gasteiger partial charge >= 0.3 is 0 Å². The van der Waals surface area contributed by atoms with Crippen molar-refractivity contribution in [3.8, 4) is 0 Å². The standard InChI is InChI=1S/C13H13N3O3S2/c1-8-15-11(7-21-8)6-20-5-10-3-2-9(13(14)17)4-12(10)16(18)19/h2-4,7H,5-6H2,1H3,(H2,14,17). The third-order valence-corrected chi connectivity index (χ3v) is 4.58. The number of rotatable bonds is 6. The van der Waals surface area contributed by atoms with E-state index in [1.165, 1.54) is 12.1 Å². The summed E-state index contributed by atoms with van der Waals surface area (Å²) in [6, 6.07) is 4.32. The second kappa shape index (κ2) is 6.68. The highest BCUT2D eigenvalue weighted by Crippen LogP contribution is 2.26. The summed E-state index contributed by atoms with van der Waals surface area (Å²) in [5.41, 5.74) is 6.75. The van der Waals surface area contributed by atoms with Crippen LogP contribution in [0.25, 0.3) is 0 Å². The normalized spacial score (nSPS) is 10.5. The lowest BCUT2D eigenvalue weighted by Gasteiger charge is -2.04. The van der Waals surface area contributed by atoms with Crippen molar-refractivity contribution >= 4 is 34.7 Å². The number of amides is 1. The van der Waals surface area contributed by atoms with Crippen LogP contribution < -0.4 is 5.73 Å². The van der Waals surface area contributed by atoms with Crippen molar-refractivity contribution in [1.29, 1.82) is 0 Å². The Morgan fingerprint density at radius 1 is 1.48 bits per heavy atom. The summed E-state index contributed by atoms with van der Waals surface area (Å²) < 4.78 is 0. The maximum atomic E-state index is 11.1. The molecule has 110 valence electrons. The van der Waals surface area contributed by atoms with Crippen molar-refractivity contribution in [2.24, 2.45) is 5.73 Å². The average molecular weight is 323 g/mol. The van der Waals surface area contributed by atoms with Gasteiger partial charge in [-0.25, -0.2) is 4.98 Å². The Labute approximate surface area is 129 Å². The van der Waals surface area contributed by atoms with Crippen LogP contribution in [0.1, 0.15) is 26.6 Å². The van der Waals surface area contributed by atoms with E-state index >= 15 is 0 Å². The largest absolute Gasteiger partial charge is 0.366 e. The molecular formula is C13H13N3O3S2. The first-order chi connectivity index (χ1) is 9.97. The highest BCUT2D eigenvalue weighted by Gasteiger charge is 2.16. The molecule has 2 rings (SSSR count). The summed E-state index contributed by atoms with van der Waals surface area (Å²) in [4.78, 5) is 26.0. The molecule has 0 bridgehead atoms. The van der Waals surface area contributed by atoms with E-state index in [9.17, 15) is 14.9 Å². The van der Waals surface area contributed by atoms with Crippen molar-refractivity contribution in [2.75, 3.05) is 0 Å². The van der Waals surface area contributed by atoms with E-state index in [2.05, 4.69) is 4.98 Å². The number of aromatic nitrogens is 1. The van der Waals surface area contributed by atoms with Crippen molar-refractivity contribution in [3.63, 3.8) is 0 Å². The fraction of sp³-hybridized carbons (Fsp3) is 0.231. The first-order valence-corrected chi connectivity index (χ1v) is 8.06. The number of hydrogen-bond donors (Lipinski definition) is 1. The minimum Gasteiger partial charge on any atom is -0.366 e. The molecule has 8 heteroatoms. The van der Waals surface area contributed by atoms with Gasteiger partial charge < -0.3 is 5.73 Å². The minimum absolute atomic E-state index is 0.0757. The fourth-order valence-electron chi connectivity index (χ4n) is 1.75. The lowest BCUT2D eigenvalue weighted by molar-refractivity contribution is -0.385. The summed E-state index contributed by atoms with van der Waals surface area (Å²) in [7, 11) is 0. The molecule has 1 amide bonds. The zero-order valence-electron chi connectivity index (χ0n) is 11.2. The van der Waals surface area contributed by atoms with E-state index in [0.717, 1.165) is 10.7 Å². The number of nitro benzene ring substituents is 1. The third-order valence-electron chi connectivity index (χ3n) is 2.74. The summed E-state index contributed by atoms with van der Waals surface area (Å²) in [6.07, 6.45) is 0. The van der Waals surface area contributed by atoms with E-state index < -0.39 is 10.8 Å². The maximum Gasteiger partial charge on any atom is 0.274 e. The molecule has 0 radical (unpaired) electrons. The van der Waals surface area contributed by atoms with Crippen LogP contribution in [0, 0.1) is 17.0 Å². The van der Waals surface area contributed by atoms with Gasteiger partial charge in [0, 0.05) is 34.1 Å². The lowest BCUT2D eigenvalue weighted by atomic mass is 10.1. The number of primary amides is 1. The van der Waals surface area contributed by atoms with Gasteiger partial charge in [0.05, 0.1) is 15.6 Å². The van der Waals surface area contributed by atoms with Gasteiger partial charge in [-0.3, -0.25) is 14.9 Å². The molecule has 2 aromatic rings. The first-order valence-electron chi connectivity index (χ1n) is 6.03. The van der Waals surface area contributed by atoms with Crippen LogP contribution >= 0.6 is 23.1 Å². The Bertz CT molecular complexity index is 685. The van der Waals surface area contributed by atoms with Gasteiger partial charge in [0.2, 0.25) is 5.91 Å². The number of aryl methyl sites for hydroxylation is 1. The number of carbonyl (C=O) groups is 1. The zero-order valence-corrected chi connectivity index (χ0v) is 12.9. The van der Waals surface area contributed by atoms with E-state index in [1.807, 2.05) is 12.3 Å². The van der Waals surface area contributed by atoms with Gasteiger partial charge in [0.15, 0.2) is 0 Å². The quantitative estimate of drug-likeness (QED) is 0.651. The SMILES string of the molecule is Cc1nc(CSCc2ccc(C(N)=O)cc2[N+](=O)[O-])cs1. The van der Waals surface area contributed by atoms with Gasteiger partial charge in [-0.05, 0) is 13.0 Å². The Morgan fingerprint density at radius 3 is 2.81 bits per heavy atom. The van der Waals surface area contributed by atoms with Crippen LogP contribution in [0.15, 0.2) is 23.6 Å². The van der Waals surface area contributed by atoms with Gasteiger partial charge in [0.25, 0.3) is 5.69 Å². The summed E-state index contributed by atoms with van der Waals surface area (Å²) in [5.74, 6) is 0.501. The third kappa shape index (κ3) is 4.02. The van der Waals surface area contributed by atoms with Crippen LogP contribution in [-0.4, -0.2) is 15.8 Å². The molecule has 0 fully saturated rings. The molecule has 1 heterocycles. The van der Waals surface area contributed by atoms with Crippen molar-refractivity contribution in [1.82, 2.24) is 4.98 Å². The number of thioether (sulfide) groups is 1. The molecule has 1 aromatic carbocycles. The van der Waals surface area contributed by atoms with E-state index in [4.69, 9.17) is 5.73 Å². The topological polar surface area (TPSA) is 99.1 Å². The molecule has 0 aliphatic heterocycles. The fourth-order valence-corrected chi connectivity index (χ4v) is 3.39. The van der Waals surface area contributed by atoms with E-state index in [-0.39, 0.29) is 11.3 Å². The summed E-state index contributed by atoms with van der Waals surface area (Å²) >= 11 is 3.12. The Balaban J connectivity index is 2.08. The number of nitrogens with zero attached hydrogens (tertiary/aromatic N) is 2. The molecule has 2 N–H and O–H groups in total. The van der Waals surface area contributed by atoms with Gasteiger partial charge in [-0.1, -0.05) is 6.07 Å². The monoisotopic (exact) mass is 323 g/mol. The average Bonchev–Trinajstić information content (AvgIpc) is 2.84. The number of carbonyl (C=O) groups excluding carboxylic acids is 1. The molecule has 0 spiro atoms. The van der Waals surface area contributed by atoms with Gasteiger partial charge in [0.1, 0.15) is 0 Å². The van der Waals surface area contributed by atoms with Crippen LogP contribution in [0.4, 0.5) is 5.69 Å².